The monoisotopic (exact) mass is 304 g/mol. The third-order valence-corrected chi connectivity index (χ3v) is 2.93. The normalized spacial score (nSPS) is 10.5. The Morgan fingerprint density at radius 1 is 1.10 bits per heavy atom. The van der Waals surface area contributed by atoms with Gasteiger partial charge in [-0.05, 0) is 44.2 Å². The summed E-state index contributed by atoms with van der Waals surface area (Å²) in [5, 5.41) is 0.576. The third-order valence-electron chi connectivity index (χ3n) is 2.69. The van der Waals surface area contributed by atoms with Crippen LogP contribution in [0.5, 0.6) is 11.5 Å². The molecule has 0 radical (unpaired) electrons. The van der Waals surface area contributed by atoms with Crippen LogP contribution in [-0.4, -0.2) is 18.5 Å². The van der Waals surface area contributed by atoms with Crippen LogP contribution in [0.2, 0.25) is 5.02 Å². The molecule has 4 heteroatoms. The van der Waals surface area contributed by atoms with Gasteiger partial charge in [0.15, 0.2) is 12.4 Å². The van der Waals surface area contributed by atoms with Gasteiger partial charge < -0.3 is 9.47 Å². The van der Waals surface area contributed by atoms with Crippen molar-refractivity contribution in [3.8, 4) is 11.5 Å². The van der Waals surface area contributed by atoms with Crippen LogP contribution in [0.25, 0.3) is 0 Å². The predicted molar refractivity (Wildman–Crippen MR) is 83.5 cm³/mol. The van der Waals surface area contributed by atoms with Gasteiger partial charge in [-0.2, -0.15) is 0 Å². The van der Waals surface area contributed by atoms with Crippen LogP contribution >= 0.6 is 11.6 Å². The van der Waals surface area contributed by atoms with Gasteiger partial charge in [0.25, 0.3) is 0 Å². The molecule has 0 aliphatic carbocycles. The molecule has 0 atom stereocenters. The Morgan fingerprint density at radius 2 is 1.81 bits per heavy atom. The fourth-order valence-electron chi connectivity index (χ4n) is 1.80. The summed E-state index contributed by atoms with van der Waals surface area (Å²) < 4.78 is 11.0. The van der Waals surface area contributed by atoms with E-state index in [1.54, 1.807) is 42.5 Å². The topological polar surface area (TPSA) is 35.5 Å². The molecule has 21 heavy (non-hydrogen) atoms. The Kier molecular flexibility index (Phi) is 5.23. The number of hydrogen-bond acceptors (Lipinski definition) is 3. The highest BCUT2D eigenvalue weighted by molar-refractivity contribution is 6.30. The van der Waals surface area contributed by atoms with Crippen molar-refractivity contribution < 1.29 is 14.3 Å². The second-order valence-corrected chi connectivity index (χ2v) is 5.30. The number of Topliss-reactive ketones (excluding diaryl/α,β-unsaturated/α-hetero) is 1. The summed E-state index contributed by atoms with van der Waals surface area (Å²) in [6.45, 7) is 3.85. The molecule has 0 aliphatic heterocycles. The first-order valence-electron chi connectivity index (χ1n) is 6.73. The van der Waals surface area contributed by atoms with E-state index >= 15 is 0 Å². The van der Waals surface area contributed by atoms with Crippen molar-refractivity contribution in [2.45, 2.75) is 20.0 Å². The molecular weight excluding hydrogens is 288 g/mol. The van der Waals surface area contributed by atoms with E-state index in [9.17, 15) is 4.79 Å². The zero-order valence-corrected chi connectivity index (χ0v) is 12.8. The van der Waals surface area contributed by atoms with Crippen LogP contribution in [0.3, 0.4) is 0 Å². The summed E-state index contributed by atoms with van der Waals surface area (Å²) in [7, 11) is 0. The van der Waals surface area contributed by atoms with E-state index in [-0.39, 0.29) is 18.5 Å². The number of rotatable bonds is 6. The van der Waals surface area contributed by atoms with Crippen molar-refractivity contribution in [2.24, 2.45) is 0 Å². The zero-order valence-electron chi connectivity index (χ0n) is 12.0. The lowest BCUT2D eigenvalue weighted by molar-refractivity contribution is 0.0921. The van der Waals surface area contributed by atoms with Gasteiger partial charge in [-0.25, -0.2) is 0 Å². The Morgan fingerprint density at radius 3 is 2.52 bits per heavy atom. The van der Waals surface area contributed by atoms with E-state index in [2.05, 4.69) is 0 Å². The lowest BCUT2D eigenvalue weighted by atomic mass is 10.1. The Labute approximate surface area is 129 Å². The molecular formula is C17H17ClO3. The van der Waals surface area contributed by atoms with E-state index in [0.717, 1.165) is 0 Å². The van der Waals surface area contributed by atoms with Crippen LogP contribution in [0.1, 0.15) is 24.2 Å². The van der Waals surface area contributed by atoms with Crippen molar-refractivity contribution in [3.05, 3.63) is 59.1 Å². The molecule has 0 heterocycles. The molecule has 0 saturated heterocycles. The highest BCUT2D eigenvalue weighted by atomic mass is 35.5. The minimum atomic E-state index is -0.107. The van der Waals surface area contributed by atoms with Crippen LogP contribution in [-0.2, 0) is 0 Å². The second kappa shape index (κ2) is 7.14. The molecule has 0 aliphatic rings. The predicted octanol–water partition coefficient (Wildman–Crippen LogP) is 4.39. The van der Waals surface area contributed by atoms with Crippen LogP contribution in [0.4, 0.5) is 0 Å². The van der Waals surface area contributed by atoms with Crippen molar-refractivity contribution in [1.29, 1.82) is 0 Å². The zero-order chi connectivity index (χ0) is 15.2. The number of ether oxygens (including phenoxy) is 2. The van der Waals surface area contributed by atoms with Gasteiger partial charge in [0.1, 0.15) is 11.5 Å². The summed E-state index contributed by atoms with van der Waals surface area (Å²) in [4.78, 5) is 12.1. The first kappa shape index (κ1) is 15.4. The summed E-state index contributed by atoms with van der Waals surface area (Å²) >= 11 is 5.86. The summed E-state index contributed by atoms with van der Waals surface area (Å²) in [5.41, 5.74) is 0.565. The van der Waals surface area contributed by atoms with Crippen molar-refractivity contribution >= 4 is 17.4 Å². The van der Waals surface area contributed by atoms with E-state index in [1.165, 1.54) is 0 Å². The maximum Gasteiger partial charge on any atom is 0.200 e. The van der Waals surface area contributed by atoms with Gasteiger partial charge in [-0.3, -0.25) is 4.79 Å². The number of halogens is 1. The molecule has 2 aromatic carbocycles. The lowest BCUT2D eigenvalue weighted by Gasteiger charge is -2.11. The lowest BCUT2D eigenvalue weighted by Crippen LogP contribution is -2.12. The highest BCUT2D eigenvalue weighted by Gasteiger charge is 2.09. The summed E-state index contributed by atoms with van der Waals surface area (Å²) in [5.74, 6) is 1.15. The smallest absolute Gasteiger partial charge is 0.200 e. The maximum atomic E-state index is 12.1. The van der Waals surface area contributed by atoms with E-state index in [1.807, 2.05) is 19.9 Å². The third kappa shape index (κ3) is 4.80. The van der Waals surface area contributed by atoms with Gasteiger partial charge in [0.2, 0.25) is 0 Å². The number of carbonyl (C=O) groups is 1. The molecule has 0 spiro atoms. The van der Waals surface area contributed by atoms with Gasteiger partial charge in [0, 0.05) is 10.6 Å². The number of ketones is 1. The second-order valence-electron chi connectivity index (χ2n) is 4.86. The van der Waals surface area contributed by atoms with Gasteiger partial charge in [-0.1, -0.05) is 29.8 Å². The molecule has 0 aromatic heterocycles. The molecule has 0 fully saturated rings. The maximum absolute atomic E-state index is 12.1. The summed E-state index contributed by atoms with van der Waals surface area (Å²) in [6, 6.07) is 14.1. The Hall–Kier alpha value is -2.00. The molecule has 2 aromatic rings. The van der Waals surface area contributed by atoms with E-state index in [4.69, 9.17) is 21.1 Å². The average Bonchev–Trinajstić information content (AvgIpc) is 2.44. The van der Waals surface area contributed by atoms with Crippen LogP contribution < -0.4 is 9.47 Å². The van der Waals surface area contributed by atoms with Crippen molar-refractivity contribution in [3.63, 3.8) is 0 Å². The summed E-state index contributed by atoms with van der Waals surface area (Å²) in [6.07, 6.45) is 0.0677. The van der Waals surface area contributed by atoms with E-state index in [0.29, 0.717) is 22.1 Å². The molecule has 0 bridgehead atoms. The molecule has 0 amide bonds. The van der Waals surface area contributed by atoms with Crippen LogP contribution in [0.15, 0.2) is 48.5 Å². The first-order chi connectivity index (χ1) is 10.0. The Bertz CT molecular complexity index is 623. The van der Waals surface area contributed by atoms with Crippen molar-refractivity contribution in [1.82, 2.24) is 0 Å². The molecule has 2 rings (SSSR count). The SMILES string of the molecule is CC(C)Oc1cccc(C(=O)COc2cccc(Cl)c2)c1. The minimum Gasteiger partial charge on any atom is -0.491 e. The molecule has 3 nitrogen and oxygen atoms in total. The Balaban J connectivity index is 2.00. The largest absolute Gasteiger partial charge is 0.491 e. The average molecular weight is 305 g/mol. The number of hydrogen-bond donors (Lipinski definition) is 0. The minimum absolute atomic E-state index is 0.0362. The fraction of sp³-hybridized carbons (Fsp3) is 0.235. The number of benzene rings is 2. The molecule has 0 unspecified atom stereocenters. The van der Waals surface area contributed by atoms with Crippen molar-refractivity contribution in [2.75, 3.05) is 6.61 Å². The fourth-order valence-corrected chi connectivity index (χ4v) is 1.98. The highest BCUT2D eigenvalue weighted by Crippen LogP contribution is 2.18. The number of carbonyl (C=O) groups excluding carboxylic acids is 1. The quantitative estimate of drug-likeness (QED) is 0.743. The van der Waals surface area contributed by atoms with Gasteiger partial charge >= 0.3 is 0 Å². The van der Waals surface area contributed by atoms with E-state index < -0.39 is 0 Å². The van der Waals surface area contributed by atoms with Crippen LogP contribution in [0, 0.1) is 0 Å². The standard InChI is InChI=1S/C17H17ClO3/c1-12(2)21-16-8-3-5-13(9-16)17(19)11-20-15-7-4-6-14(18)10-15/h3-10,12H,11H2,1-2H3. The van der Waals surface area contributed by atoms with Gasteiger partial charge in [-0.15, -0.1) is 0 Å². The molecule has 0 N–H and O–H groups in total. The molecule has 0 saturated carbocycles. The first-order valence-corrected chi connectivity index (χ1v) is 7.10. The van der Waals surface area contributed by atoms with Gasteiger partial charge in [0.05, 0.1) is 6.10 Å². The molecule has 110 valence electrons.